The van der Waals surface area contributed by atoms with Crippen LogP contribution in [0.4, 0.5) is 10.5 Å². The van der Waals surface area contributed by atoms with Crippen molar-refractivity contribution in [3.63, 3.8) is 0 Å². The van der Waals surface area contributed by atoms with Crippen LogP contribution in [0.15, 0.2) is 24.3 Å². The van der Waals surface area contributed by atoms with Crippen LogP contribution in [-0.2, 0) is 4.79 Å². The van der Waals surface area contributed by atoms with Crippen LogP contribution in [0.25, 0.3) is 0 Å². The van der Waals surface area contributed by atoms with E-state index in [4.69, 9.17) is 10.4 Å². The second kappa shape index (κ2) is 7.29. The van der Waals surface area contributed by atoms with Crippen LogP contribution in [0.2, 0.25) is 0 Å². The summed E-state index contributed by atoms with van der Waals surface area (Å²) in [5.74, 6) is -0.929. The number of carboxylic acids is 1. The van der Waals surface area contributed by atoms with Crippen molar-refractivity contribution in [3.8, 4) is 6.07 Å². The molecule has 1 rings (SSSR count). The molecule has 0 aromatic heterocycles. The van der Waals surface area contributed by atoms with Gasteiger partial charge in [-0.2, -0.15) is 5.26 Å². The second-order valence-electron chi connectivity index (χ2n) is 5.16. The summed E-state index contributed by atoms with van der Waals surface area (Å²) in [4.78, 5) is 24.6. The molecule has 6 nitrogen and oxygen atoms in total. The van der Waals surface area contributed by atoms with Gasteiger partial charge in [0.05, 0.1) is 11.3 Å². The van der Waals surface area contributed by atoms with Gasteiger partial charge >= 0.3 is 12.0 Å². The summed E-state index contributed by atoms with van der Waals surface area (Å²) >= 11 is 0. The first-order valence-corrected chi connectivity index (χ1v) is 6.63. The molecule has 1 unspecified atom stereocenters. The van der Waals surface area contributed by atoms with Crippen molar-refractivity contribution >= 4 is 17.7 Å². The van der Waals surface area contributed by atoms with Crippen LogP contribution in [0, 0.1) is 17.2 Å². The second-order valence-corrected chi connectivity index (χ2v) is 5.16. The van der Waals surface area contributed by atoms with Gasteiger partial charge in [-0.15, -0.1) is 0 Å². The standard InChI is InChI=1S/C15H19N3O3/c1-10(2)8-12(14(19)20)17-15(21)18(3)13-7-5-4-6-11(13)9-16/h4-7,10,12H,8H2,1-3H3,(H,17,21)(H,19,20). The normalized spacial score (nSPS) is 11.6. The zero-order valence-corrected chi connectivity index (χ0v) is 12.3. The van der Waals surface area contributed by atoms with Crippen LogP contribution >= 0.6 is 0 Å². The topological polar surface area (TPSA) is 93.4 Å². The summed E-state index contributed by atoms with van der Waals surface area (Å²) in [6, 6.07) is 7.15. The Morgan fingerprint density at radius 1 is 1.38 bits per heavy atom. The summed E-state index contributed by atoms with van der Waals surface area (Å²) in [6.07, 6.45) is 0.342. The van der Waals surface area contributed by atoms with Crippen molar-refractivity contribution in [2.24, 2.45) is 5.92 Å². The quantitative estimate of drug-likeness (QED) is 0.869. The molecule has 0 aliphatic carbocycles. The summed E-state index contributed by atoms with van der Waals surface area (Å²) < 4.78 is 0. The number of aliphatic carboxylic acids is 1. The molecule has 1 aromatic carbocycles. The highest BCUT2D eigenvalue weighted by molar-refractivity contribution is 5.95. The number of benzene rings is 1. The number of para-hydroxylation sites is 1. The van der Waals surface area contributed by atoms with Crippen molar-refractivity contribution < 1.29 is 14.7 Å². The van der Waals surface area contributed by atoms with Gasteiger partial charge in [0.15, 0.2) is 0 Å². The molecule has 0 bridgehead atoms. The predicted molar refractivity (Wildman–Crippen MR) is 79.0 cm³/mol. The Morgan fingerprint density at radius 2 is 2.00 bits per heavy atom. The van der Waals surface area contributed by atoms with Crippen molar-refractivity contribution in [2.75, 3.05) is 11.9 Å². The number of hydrogen-bond donors (Lipinski definition) is 2. The molecule has 1 aromatic rings. The van der Waals surface area contributed by atoms with Gasteiger partial charge in [-0.3, -0.25) is 4.90 Å². The Labute approximate surface area is 124 Å². The molecular weight excluding hydrogens is 270 g/mol. The van der Waals surface area contributed by atoms with Crippen LogP contribution in [0.3, 0.4) is 0 Å². The van der Waals surface area contributed by atoms with E-state index in [0.29, 0.717) is 17.7 Å². The lowest BCUT2D eigenvalue weighted by atomic mass is 10.0. The molecule has 6 heteroatoms. The van der Waals surface area contributed by atoms with E-state index in [0.717, 1.165) is 0 Å². The van der Waals surface area contributed by atoms with Crippen molar-refractivity contribution in [3.05, 3.63) is 29.8 Å². The van der Waals surface area contributed by atoms with E-state index >= 15 is 0 Å². The van der Waals surface area contributed by atoms with Gasteiger partial charge in [-0.1, -0.05) is 26.0 Å². The van der Waals surface area contributed by atoms with Crippen molar-refractivity contribution in [1.82, 2.24) is 5.32 Å². The predicted octanol–water partition coefficient (Wildman–Crippen LogP) is 2.20. The maximum atomic E-state index is 12.2. The lowest BCUT2D eigenvalue weighted by molar-refractivity contribution is -0.139. The van der Waals surface area contributed by atoms with Gasteiger partial charge in [0, 0.05) is 7.05 Å². The van der Waals surface area contributed by atoms with Crippen molar-refractivity contribution in [1.29, 1.82) is 5.26 Å². The fourth-order valence-corrected chi connectivity index (χ4v) is 1.91. The minimum atomic E-state index is -1.07. The Balaban J connectivity index is 2.87. The lowest BCUT2D eigenvalue weighted by Gasteiger charge is -2.23. The van der Waals surface area contributed by atoms with E-state index in [1.54, 1.807) is 24.3 Å². The number of amides is 2. The number of anilines is 1. The Hall–Kier alpha value is -2.55. The number of nitrogens with one attached hydrogen (secondary N) is 1. The molecule has 0 spiro atoms. The molecular formula is C15H19N3O3. The highest BCUT2D eigenvalue weighted by Gasteiger charge is 2.23. The average Bonchev–Trinajstić information content (AvgIpc) is 2.45. The highest BCUT2D eigenvalue weighted by Crippen LogP contribution is 2.18. The fraction of sp³-hybridized carbons (Fsp3) is 0.400. The minimum absolute atomic E-state index is 0.142. The first-order chi connectivity index (χ1) is 9.86. The summed E-state index contributed by atoms with van der Waals surface area (Å²) in [5, 5.41) is 20.6. The van der Waals surface area contributed by atoms with Crippen molar-refractivity contribution in [2.45, 2.75) is 26.3 Å². The smallest absolute Gasteiger partial charge is 0.326 e. The zero-order valence-electron chi connectivity index (χ0n) is 12.3. The monoisotopic (exact) mass is 289 g/mol. The number of nitriles is 1. The first-order valence-electron chi connectivity index (χ1n) is 6.63. The molecule has 0 radical (unpaired) electrons. The molecule has 112 valence electrons. The Kier molecular flexibility index (Phi) is 5.73. The molecule has 1 atom stereocenters. The lowest BCUT2D eigenvalue weighted by Crippen LogP contribution is -2.47. The maximum absolute atomic E-state index is 12.2. The SMILES string of the molecule is CC(C)CC(NC(=O)N(C)c1ccccc1C#N)C(=O)O. The highest BCUT2D eigenvalue weighted by atomic mass is 16.4. The maximum Gasteiger partial charge on any atom is 0.326 e. The van der Waals surface area contributed by atoms with Crippen LogP contribution in [-0.4, -0.2) is 30.2 Å². The van der Waals surface area contributed by atoms with Crippen LogP contribution < -0.4 is 10.2 Å². The Bertz CT molecular complexity index is 564. The number of carbonyl (C=O) groups is 2. The fourth-order valence-electron chi connectivity index (χ4n) is 1.91. The third-order valence-electron chi connectivity index (χ3n) is 2.99. The number of carbonyl (C=O) groups excluding carboxylic acids is 1. The number of urea groups is 1. The zero-order chi connectivity index (χ0) is 16.0. The van der Waals surface area contributed by atoms with E-state index in [9.17, 15) is 9.59 Å². The molecule has 0 aliphatic rings. The van der Waals surface area contributed by atoms with Gasteiger partial charge in [0.25, 0.3) is 0 Å². The number of rotatable bonds is 5. The molecule has 0 heterocycles. The van der Waals surface area contributed by atoms with Gasteiger partial charge in [-0.05, 0) is 24.5 Å². The van der Waals surface area contributed by atoms with Gasteiger partial charge in [-0.25, -0.2) is 9.59 Å². The largest absolute Gasteiger partial charge is 0.480 e. The first kappa shape index (κ1) is 16.5. The molecule has 0 aliphatic heterocycles. The van der Waals surface area contributed by atoms with Crippen LogP contribution in [0.5, 0.6) is 0 Å². The van der Waals surface area contributed by atoms with Gasteiger partial charge < -0.3 is 10.4 Å². The van der Waals surface area contributed by atoms with Gasteiger partial charge in [0.1, 0.15) is 12.1 Å². The molecule has 2 amide bonds. The third-order valence-corrected chi connectivity index (χ3v) is 2.99. The minimum Gasteiger partial charge on any atom is -0.480 e. The van der Waals surface area contributed by atoms with E-state index in [1.807, 2.05) is 19.9 Å². The molecule has 0 saturated carbocycles. The molecule has 21 heavy (non-hydrogen) atoms. The third kappa shape index (κ3) is 4.49. The van der Waals surface area contributed by atoms with Crippen LogP contribution in [0.1, 0.15) is 25.8 Å². The number of hydrogen-bond acceptors (Lipinski definition) is 3. The van der Waals surface area contributed by atoms with E-state index < -0.39 is 18.0 Å². The molecule has 0 fully saturated rings. The van der Waals surface area contributed by atoms with E-state index in [-0.39, 0.29) is 5.92 Å². The summed E-state index contributed by atoms with van der Waals surface area (Å²) in [7, 11) is 1.50. The number of carboxylic acid groups (broad SMARTS) is 1. The number of nitrogens with zero attached hydrogens (tertiary/aromatic N) is 2. The van der Waals surface area contributed by atoms with E-state index in [1.165, 1.54) is 11.9 Å². The average molecular weight is 289 g/mol. The molecule has 2 N–H and O–H groups in total. The van der Waals surface area contributed by atoms with E-state index in [2.05, 4.69) is 5.32 Å². The molecule has 0 saturated heterocycles. The summed E-state index contributed by atoms with van der Waals surface area (Å²) in [5.41, 5.74) is 0.789. The summed E-state index contributed by atoms with van der Waals surface area (Å²) in [6.45, 7) is 3.77. The van der Waals surface area contributed by atoms with Gasteiger partial charge in [0.2, 0.25) is 0 Å². The Morgan fingerprint density at radius 3 is 2.52 bits per heavy atom.